The number of nitrogens with one attached hydrogen (secondary N) is 1. The molecule has 1 aliphatic carbocycles. The molecule has 1 atom stereocenters. The number of hydrogen-bond donors (Lipinski definition) is 2. The molecule has 14 heavy (non-hydrogen) atoms. The highest BCUT2D eigenvalue weighted by atomic mass is 16.5. The van der Waals surface area contributed by atoms with Gasteiger partial charge in [-0.1, -0.05) is 19.1 Å². The third kappa shape index (κ3) is 2.80. The highest BCUT2D eigenvalue weighted by Crippen LogP contribution is 2.16. The third-order valence-electron chi connectivity index (χ3n) is 3.01. The summed E-state index contributed by atoms with van der Waals surface area (Å²) in [6.45, 7) is 3.48. The maximum Gasteiger partial charge on any atom is 0.0656 e. The number of nitrogens with two attached hydrogens (primary N) is 1. The van der Waals surface area contributed by atoms with E-state index in [1.807, 2.05) is 0 Å². The van der Waals surface area contributed by atoms with Gasteiger partial charge in [0.05, 0.1) is 12.1 Å². The summed E-state index contributed by atoms with van der Waals surface area (Å²) < 4.78 is 5.24. The molecule has 0 saturated heterocycles. The molecule has 3 nitrogen and oxygen atoms in total. The SMILES string of the molecule is CCC(CN)(COC)NC1CC=CC1. The maximum absolute atomic E-state index is 5.82. The first kappa shape index (κ1) is 11.7. The minimum Gasteiger partial charge on any atom is -0.383 e. The van der Waals surface area contributed by atoms with Crippen LogP contribution in [0.2, 0.25) is 0 Å². The number of hydrogen-bond acceptors (Lipinski definition) is 3. The average molecular weight is 198 g/mol. The highest BCUT2D eigenvalue weighted by Gasteiger charge is 2.29. The largest absolute Gasteiger partial charge is 0.383 e. The van der Waals surface area contributed by atoms with Crippen molar-refractivity contribution in [1.29, 1.82) is 0 Å². The Morgan fingerprint density at radius 2 is 2.14 bits per heavy atom. The minimum atomic E-state index is -0.0363. The fourth-order valence-electron chi connectivity index (χ4n) is 1.95. The van der Waals surface area contributed by atoms with E-state index in [1.54, 1.807) is 7.11 Å². The second kappa shape index (κ2) is 5.49. The summed E-state index contributed by atoms with van der Waals surface area (Å²) in [4.78, 5) is 0. The molecule has 1 aliphatic rings. The van der Waals surface area contributed by atoms with Crippen LogP contribution < -0.4 is 11.1 Å². The van der Waals surface area contributed by atoms with Crippen molar-refractivity contribution in [1.82, 2.24) is 5.32 Å². The van der Waals surface area contributed by atoms with E-state index < -0.39 is 0 Å². The second-order valence-corrected chi connectivity index (χ2v) is 4.06. The van der Waals surface area contributed by atoms with Crippen LogP contribution in [0.1, 0.15) is 26.2 Å². The molecule has 0 amide bonds. The molecule has 0 fully saturated rings. The van der Waals surface area contributed by atoms with E-state index in [9.17, 15) is 0 Å². The van der Waals surface area contributed by atoms with Crippen molar-refractivity contribution >= 4 is 0 Å². The van der Waals surface area contributed by atoms with Gasteiger partial charge in [-0.15, -0.1) is 0 Å². The Morgan fingerprint density at radius 3 is 2.57 bits per heavy atom. The number of ether oxygens (including phenoxy) is 1. The van der Waals surface area contributed by atoms with Crippen molar-refractivity contribution in [3.8, 4) is 0 Å². The summed E-state index contributed by atoms with van der Waals surface area (Å²) >= 11 is 0. The van der Waals surface area contributed by atoms with Crippen LogP contribution in [0.5, 0.6) is 0 Å². The highest BCUT2D eigenvalue weighted by molar-refractivity contribution is 5.01. The summed E-state index contributed by atoms with van der Waals surface area (Å²) in [5, 5.41) is 3.62. The van der Waals surface area contributed by atoms with Gasteiger partial charge in [0.25, 0.3) is 0 Å². The lowest BCUT2D eigenvalue weighted by Gasteiger charge is -2.35. The Hall–Kier alpha value is -0.380. The molecule has 0 aromatic rings. The van der Waals surface area contributed by atoms with Crippen LogP contribution in [0, 0.1) is 0 Å². The molecule has 0 aliphatic heterocycles. The van der Waals surface area contributed by atoms with Gasteiger partial charge in [0.2, 0.25) is 0 Å². The lowest BCUT2D eigenvalue weighted by molar-refractivity contribution is 0.102. The maximum atomic E-state index is 5.82. The first-order valence-electron chi connectivity index (χ1n) is 5.38. The van der Waals surface area contributed by atoms with Crippen molar-refractivity contribution in [2.24, 2.45) is 5.73 Å². The summed E-state index contributed by atoms with van der Waals surface area (Å²) in [6.07, 6.45) is 7.69. The Labute approximate surface area is 86.7 Å². The molecule has 0 bridgehead atoms. The molecule has 3 N–H and O–H groups in total. The standard InChI is InChI=1S/C11H22N2O/c1-3-11(8-12,9-14-2)13-10-6-4-5-7-10/h4-5,10,13H,3,6-9,12H2,1-2H3. The van der Waals surface area contributed by atoms with Crippen molar-refractivity contribution in [3.05, 3.63) is 12.2 Å². The molecule has 1 rings (SSSR count). The molecule has 1 unspecified atom stereocenters. The fraction of sp³-hybridized carbons (Fsp3) is 0.818. The molecule has 0 heterocycles. The van der Waals surface area contributed by atoms with E-state index in [0.717, 1.165) is 19.3 Å². The molecule has 3 heteroatoms. The second-order valence-electron chi connectivity index (χ2n) is 4.06. The predicted molar refractivity (Wildman–Crippen MR) is 59.3 cm³/mol. The smallest absolute Gasteiger partial charge is 0.0656 e. The van der Waals surface area contributed by atoms with Gasteiger partial charge in [-0.3, -0.25) is 0 Å². The van der Waals surface area contributed by atoms with E-state index >= 15 is 0 Å². The van der Waals surface area contributed by atoms with Gasteiger partial charge in [-0.05, 0) is 19.3 Å². The molecule has 0 aromatic carbocycles. The van der Waals surface area contributed by atoms with E-state index in [4.69, 9.17) is 10.5 Å². The zero-order chi connectivity index (χ0) is 10.4. The normalized spacial score (nSPS) is 21.4. The summed E-state index contributed by atoms with van der Waals surface area (Å²) in [7, 11) is 1.73. The number of methoxy groups -OCH3 is 1. The van der Waals surface area contributed by atoms with Crippen LogP contribution in [-0.4, -0.2) is 31.8 Å². The Balaban J connectivity index is 2.48. The van der Waals surface area contributed by atoms with Crippen molar-refractivity contribution in [3.63, 3.8) is 0 Å². The molecule has 0 aromatic heterocycles. The predicted octanol–water partition coefficient (Wildman–Crippen LogP) is 1.05. The van der Waals surface area contributed by atoms with Crippen LogP contribution in [-0.2, 0) is 4.74 Å². The minimum absolute atomic E-state index is 0.0363. The molecule has 0 saturated carbocycles. The topological polar surface area (TPSA) is 47.3 Å². The first-order valence-corrected chi connectivity index (χ1v) is 5.38. The third-order valence-corrected chi connectivity index (χ3v) is 3.01. The molecular formula is C11H22N2O. The van der Waals surface area contributed by atoms with Crippen LogP contribution in [0.25, 0.3) is 0 Å². The lowest BCUT2D eigenvalue weighted by atomic mass is 9.95. The summed E-state index contributed by atoms with van der Waals surface area (Å²) in [6, 6.07) is 0.550. The quantitative estimate of drug-likeness (QED) is 0.627. The summed E-state index contributed by atoms with van der Waals surface area (Å²) in [5.41, 5.74) is 5.78. The Morgan fingerprint density at radius 1 is 1.50 bits per heavy atom. The van der Waals surface area contributed by atoms with E-state index in [2.05, 4.69) is 24.4 Å². The molecule has 82 valence electrons. The zero-order valence-corrected chi connectivity index (χ0v) is 9.25. The van der Waals surface area contributed by atoms with Crippen LogP contribution in [0.15, 0.2) is 12.2 Å². The van der Waals surface area contributed by atoms with Gasteiger partial charge in [0.15, 0.2) is 0 Å². The van der Waals surface area contributed by atoms with E-state index in [1.165, 1.54) is 0 Å². The van der Waals surface area contributed by atoms with E-state index in [-0.39, 0.29) is 5.54 Å². The van der Waals surface area contributed by atoms with Crippen molar-refractivity contribution < 1.29 is 4.74 Å². The van der Waals surface area contributed by atoms with Crippen LogP contribution >= 0.6 is 0 Å². The lowest BCUT2D eigenvalue weighted by Crippen LogP contribution is -2.57. The monoisotopic (exact) mass is 198 g/mol. The Kier molecular flexibility index (Phi) is 4.58. The molecule has 0 radical (unpaired) electrons. The molecular weight excluding hydrogens is 176 g/mol. The summed E-state index contributed by atoms with van der Waals surface area (Å²) in [5.74, 6) is 0. The van der Waals surface area contributed by atoms with E-state index in [0.29, 0.717) is 19.2 Å². The Bertz CT molecular complexity index is 180. The average Bonchev–Trinajstić information content (AvgIpc) is 2.69. The van der Waals surface area contributed by atoms with Crippen molar-refractivity contribution in [2.45, 2.75) is 37.8 Å². The van der Waals surface area contributed by atoms with Gasteiger partial charge in [-0.25, -0.2) is 0 Å². The number of rotatable bonds is 6. The first-order chi connectivity index (χ1) is 6.76. The van der Waals surface area contributed by atoms with Gasteiger partial charge in [-0.2, -0.15) is 0 Å². The van der Waals surface area contributed by atoms with Crippen LogP contribution in [0.3, 0.4) is 0 Å². The fourth-order valence-corrected chi connectivity index (χ4v) is 1.95. The van der Waals surface area contributed by atoms with Crippen LogP contribution in [0.4, 0.5) is 0 Å². The molecule has 0 spiro atoms. The van der Waals surface area contributed by atoms with Gasteiger partial charge < -0.3 is 15.8 Å². The zero-order valence-electron chi connectivity index (χ0n) is 9.25. The van der Waals surface area contributed by atoms with Gasteiger partial charge >= 0.3 is 0 Å². The van der Waals surface area contributed by atoms with Crippen molar-refractivity contribution in [2.75, 3.05) is 20.3 Å². The van der Waals surface area contributed by atoms with Gasteiger partial charge in [0, 0.05) is 19.7 Å². The van der Waals surface area contributed by atoms with Gasteiger partial charge in [0.1, 0.15) is 0 Å².